The molecular formula is C20H28N4O3. The van der Waals surface area contributed by atoms with Gasteiger partial charge in [0.25, 0.3) is 0 Å². The Hall–Kier alpha value is -2.12. The van der Waals surface area contributed by atoms with E-state index in [1.54, 1.807) is 4.57 Å². The number of benzene rings is 1. The maximum Gasteiger partial charge on any atom is 0.421 e. The number of piperazine rings is 1. The first-order valence-corrected chi connectivity index (χ1v) is 10.0. The van der Waals surface area contributed by atoms with Crippen molar-refractivity contribution in [3.63, 3.8) is 0 Å². The summed E-state index contributed by atoms with van der Waals surface area (Å²) in [6.45, 7) is 6.27. The zero-order chi connectivity index (χ0) is 18.6. The number of hydrogen-bond acceptors (Lipinski definition) is 5. The molecule has 27 heavy (non-hydrogen) atoms. The molecule has 0 spiro atoms. The van der Waals surface area contributed by atoms with Crippen LogP contribution < -0.4 is 5.76 Å². The number of amides is 1. The van der Waals surface area contributed by atoms with Gasteiger partial charge in [0, 0.05) is 39.3 Å². The number of rotatable bonds is 4. The zero-order valence-corrected chi connectivity index (χ0v) is 15.8. The lowest BCUT2D eigenvalue weighted by atomic mass is 10.2. The summed E-state index contributed by atoms with van der Waals surface area (Å²) in [5, 5.41) is 0. The number of hydrogen-bond donors (Lipinski definition) is 0. The van der Waals surface area contributed by atoms with Gasteiger partial charge in [-0.1, -0.05) is 25.0 Å². The maximum absolute atomic E-state index is 12.6. The summed E-state index contributed by atoms with van der Waals surface area (Å²) in [6, 6.07) is 7.52. The third-order valence-electron chi connectivity index (χ3n) is 5.70. The van der Waals surface area contributed by atoms with Gasteiger partial charge in [-0.05, 0) is 25.0 Å². The van der Waals surface area contributed by atoms with E-state index in [2.05, 4.69) is 9.80 Å². The van der Waals surface area contributed by atoms with Gasteiger partial charge in [0.1, 0.15) is 0 Å². The number of carbonyl (C=O) groups is 1. The van der Waals surface area contributed by atoms with Crippen molar-refractivity contribution in [2.45, 2.75) is 32.4 Å². The average molecular weight is 372 g/mol. The predicted octanol–water partition coefficient (Wildman–Crippen LogP) is 1.57. The molecular weight excluding hydrogens is 344 g/mol. The Morgan fingerprint density at radius 3 is 2.30 bits per heavy atom. The van der Waals surface area contributed by atoms with E-state index in [0.29, 0.717) is 18.8 Å². The molecule has 3 heterocycles. The second-order valence-electron chi connectivity index (χ2n) is 7.59. The quantitative estimate of drug-likeness (QED) is 0.815. The van der Waals surface area contributed by atoms with Crippen LogP contribution in [-0.2, 0) is 11.5 Å². The first-order chi connectivity index (χ1) is 13.2. The summed E-state index contributed by atoms with van der Waals surface area (Å²) in [4.78, 5) is 31.2. The summed E-state index contributed by atoms with van der Waals surface area (Å²) in [6.07, 6.45) is 4.74. The number of likely N-dealkylation sites (tertiary alicyclic amines) is 1. The van der Waals surface area contributed by atoms with Crippen LogP contribution >= 0.6 is 0 Å². The minimum absolute atomic E-state index is 0.266. The van der Waals surface area contributed by atoms with Crippen LogP contribution in [0.2, 0.25) is 0 Å². The fraction of sp³-hybridized carbons (Fsp3) is 0.600. The highest BCUT2D eigenvalue weighted by Gasteiger charge is 2.23. The standard InChI is InChI=1S/C20H28N4O3/c25-19(23-9-5-1-2-6-10-23)15-21-11-13-22(14-12-21)16-24-17-7-3-4-8-18(17)27-20(24)26/h3-4,7-8H,1-2,5-6,9-16H2. The van der Waals surface area contributed by atoms with Crippen molar-refractivity contribution in [2.75, 3.05) is 45.8 Å². The molecule has 0 radical (unpaired) electrons. The molecule has 0 N–H and O–H groups in total. The van der Waals surface area contributed by atoms with Gasteiger partial charge in [-0.25, -0.2) is 4.79 Å². The number of oxazole rings is 1. The Kier molecular flexibility index (Phi) is 5.59. The molecule has 2 aliphatic rings. The molecule has 2 aromatic rings. The van der Waals surface area contributed by atoms with Crippen LogP contribution in [0.15, 0.2) is 33.5 Å². The molecule has 0 aliphatic carbocycles. The van der Waals surface area contributed by atoms with Crippen molar-refractivity contribution < 1.29 is 9.21 Å². The zero-order valence-electron chi connectivity index (χ0n) is 15.8. The molecule has 2 fully saturated rings. The third kappa shape index (κ3) is 4.25. The lowest BCUT2D eigenvalue weighted by molar-refractivity contribution is -0.132. The summed E-state index contributed by atoms with van der Waals surface area (Å²) in [7, 11) is 0. The van der Waals surface area contributed by atoms with Gasteiger partial charge < -0.3 is 9.32 Å². The van der Waals surface area contributed by atoms with Crippen molar-refractivity contribution in [1.82, 2.24) is 19.3 Å². The highest BCUT2D eigenvalue weighted by Crippen LogP contribution is 2.14. The molecule has 0 atom stereocenters. The van der Waals surface area contributed by atoms with Crippen molar-refractivity contribution in [2.24, 2.45) is 0 Å². The molecule has 7 heteroatoms. The summed E-state index contributed by atoms with van der Waals surface area (Å²) < 4.78 is 7.00. The molecule has 1 aromatic carbocycles. The second-order valence-corrected chi connectivity index (χ2v) is 7.59. The molecule has 0 unspecified atom stereocenters. The maximum atomic E-state index is 12.6. The molecule has 1 amide bonds. The monoisotopic (exact) mass is 372 g/mol. The first kappa shape index (κ1) is 18.3. The Bertz CT molecular complexity index is 827. The summed E-state index contributed by atoms with van der Waals surface area (Å²) >= 11 is 0. The van der Waals surface area contributed by atoms with E-state index >= 15 is 0 Å². The molecule has 4 rings (SSSR count). The Morgan fingerprint density at radius 1 is 0.889 bits per heavy atom. The normalized spacial score (nSPS) is 20.1. The number of aromatic nitrogens is 1. The van der Waals surface area contributed by atoms with Gasteiger partial charge in [0.15, 0.2) is 5.58 Å². The molecule has 7 nitrogen and oxygen atoms in total. The van der Waals surface area contributed by atoms with Crippen LogP contribution in [0, 0.1) is 0 Å². The van der Waals surface area contributed by atoms with Crippen LogP contribution in [0.3, 0.4) is 0 Å². The number of nitrogens with zero attached hydrogens (tertiary/aromatic N) is 4. The van der Waals surface area contributed by atoms with E-state index in [4.69, 9.17) is 4.42 Å². The Morgan fingerprint density at radius 2 is 1.56 bits per heavy atom. The highest BCUT2D eigenvalue weighted by atomic mass is 16.4. The lowest BCUT2D eigenvalue weighted by Crippen LogP contribution is -2.50. The van der Waals surface area contributed by atoms with E-state index in [1.807, 2.05) is 29.2 Å². The Balaban J connectivity index is 1.30. The minimum atomic E-state index is -0.310. The van der Waals surface area contributed by atoms with Crippen molar-refractivity contribution in [1.29, 1.82) is 0 Å². The molecule has 0 saturated carbocycles. The van der Waals surface area contributed by atoms with Gasteiger partial charge in [-0.2, -0.15) is 0 Å². The van der Waals surface area contributed by atoms with Gasteiger partial charge in [-0.3, -0.25) is 19.2 Å². The minimum Gasteiger partial charge on any atom is -0.408 e. The molecule has 146 valence electrons. The lowest BCUT2D eigenvalue weighted by Gasteiger charge is -2.35. The van der Waals surface area contributed by atoms with Crippen LogP contribution in [0.1, 0.15) is 25.7 Å². The Labute approximate surface area is 159 Å². The van der Waals surface area contributed by atoms with E-state index < -0.39 is 0 Å². The van der Waals surface area contributed by atoms with Crippen LogP contribution in [0.5, 0.6) is 0 Å². The van der Waals surface area contributed by atoms with Crippen LogP contribution in [-0.4, -0.2) is 71.0 Å². The second kappa shape index (κ2) is 8.27. The topological polar surface area (TPSA) is 61.9 Å². The van der Waals surface area contributed by atoms with Crippen molar-refractivity contribution in [3.8, 4) is 0 Å². The first-order valence-electron chi connectivity index (χ1n) is 10.0. The number of fused-ring (bicyclic) bond motifs is 1. The molecule has 2 aliphatic heterocycles. The van der Waals surface area contributed by atoms with Gasteiger partial charge in [-0.15, -0.1) is 0 Å². The molecule has 0 bridgehead atoms. The van der Waals surface area contributed by atoms with Gasteiger partial charge >= 0.3 is 5.76 Å². The SMILES string of the molecule is O=C(CN1CCN(Cn2c(=O)oc3ccccc32)CC1)N1CCCCCC1. The van der Waals surface area contributed by atoms with E-state index in [-0.39, 0.29) is 11.7 Å². The summed E-state index contributed by atoms with van der Waals surface area (Å²) in [5.74, 6) is -0.0441. The molecule has 1 aromatic heterocycles. The molecule has 2 saturated heterocycles. The highest BCUT2D eigenvalue weighted by molar-refractivity contribution is 5.78. The predicted molar refractivity (Wildman–Crippen MR) is 104 cm³/mol. The van der Waals surface area contributed by atoms with Crippen LogP contribution in [0.25, 0.3) is 11.1 Å². The van der Waals surface area contributed by atoms with E-state index in [9.17, 15) is 9.59 Å². The largest absolute Gasteiger partial charge is 0.421 e. The van der Waals surface area contributed by atoms with Crippen molar-refractivity contribution >= 4 is 17.0 Å². The fourth-order valence-electron chi connectivity index (χ4n) is 4.05. The van der Waals surface area contributed by atoms with E-state index in [1.165, 1.54) is 12.8 Å². The van der Waals surface area contributed by atoms with Gasteiger partial charge in [0.2, 0.25) is 5.91 Å². The summed E-state index contributed by atoms with van der Waals surface area (Å²) in [5.41, 5.74) is 1.46. The fourth-order valence-corrected chi connectivity index (χ4v) is 4.05. The van der Waals surface area contributed by atoms with E-state index in [0.717, 1.165) is 57.6 Å². The van der Waals surface area contributed by atoms with Crippen LogP contribution in [0.4, 0.5) is 0 Å². The number of carbonyl (C=O) groups excluding carboxylic acids is 1. The number of para-hydroxylation sites is 2. The van der Waals surface area contributed by atoms with Crippen molar-refractivity contribution in [3.05, 3.63) is 34.8 Å². The average Bonchev–Trinajstić information content (AvgIpc) is 2.86. The smallest absolute Gasteiger partial charge is 0.408 e. The third-order valence-corrected chi connectivity index (χ3v) is 5.70. The van der Waals surface area contributed by atoms with Gasteiger partial charge in [0.05, 0.1) is 18.7 Å².